The number of hydrogen-bond acceptors (Lipinski definition) is 6. The Hall–Kier alpha value is -2.33. The number of fused-ring (bicyclic) bond motifs is 1. The van der Waals surface area contributed by atoms with Crippen LogP contribution in [0.2, 0.25) is 0 Å². The lowest BCUT2D eigenvalue weighted by Gasteiger charge is -2.41. The van der Waals surface area contributed by atoms with E-state index in [0.29, 0.717) is 57.8 Å². The molecule has 1 saturated heterocycles. The molecule has 9 heteroatoms. The monoisotopic (exact) mass is 534 g/mol. The summed E-state index contributed by atoms with van der Waals surface area (Å²) < 4.78 is 48.2. The number of piperidine rings is 1. The Morgan fingerprint density at radius 2 is 2.05 bits per heavy atom. The van der Waals surface area contributed by atoms with E-state index < -0.39 is 23.2 Å². The van der Waals surface area contributed by atoms with Crippen LogP contribution in [-0.4, -0.2) is 47.3 Å². The van der Waals surface area contributed by atoms with Gasteiger partial charge in [-0.2, -0.15) is 0 Å². The number of nitrogens with one attached hydrogen (secondary N) is 1. The van der Waals surface area contributed by atoms with Crippen molar-refractivity contribution in [3.8, 4) is 5.75 Å². The van der Waals surface area contributed by atoms with Gasteiger partial charge in [0.25, 0.3) is 0 Å². The van der Waals surface area contributed by atoms with Gasteiger partial charge < -0.3 is 20.3 Å². The van der Waals surface area contributed by atoms with Crippen molar-refractivity contribution >= 4 is 22.7 Å². The van der Waals surface area contributed by atoms with E-state index in [1.807, 2.05) is 0 Å². The number of rotatable bonds is 11. The first-order chi connectivity index (χ1) is 17.9. The van der Waals surface area contributed by atoms with Crippen molar-refractivity contribution in [3.63, 3.8) is 0 Å². The molecule has 4 rings (SSSR count). The van der Waals surface area contributed by atoms with E-state index in [2.05, 4.69) is 10.3 Å². The van der Waals surface area contributed by atoms with Crippen molar-refractivity contribution in [2.75, 3.05) is 26.0 Å². The third kappa shape index (κ3) is 6.57. The first-order valence-corrected chi connectivity index (χ1v) is 13.5. The summed E-state index contributed by atoms with van der Waals surface area (Å²) >= 11 is 1.34. The van der Waals surface area contributed by atoms with Gasteiger partial charge in [0.15, 0.2) is 0 Å². The van der Waals surface area contributed by atoms with Crippen LogP contribution in [0, 0.1) is 17.0 Å². The van der Waals surface area contributed by atoms with E-state index in [-0.39, 0.29) is 25.7 Å². The molecule has 2 aromatic carbocycles. The molecular formula is C28H33F3N2O3S. The van der Waals surface area contributed by atoms with Gasteiger partial charge >= 0.3 is 0 Å². The summed E-state index contributed by atoms with van der Waals surface area (Å²) in [5, 5.41) is 24.3. The number of aliphatic hydroxyl groups excluding tert-OH is 2. The van der Waals surface area contributed by atoms with Crippen molar-refractivity contribution in [1.29, 1.82) is 0 Å². The number of halogens is 3. The molecule has 0 saturated carbocycles. The van der Waals surface area contributed by atoms with E-state index in [1.165, 1.54) is 30.1 Å². The van der Waals surface area contributed by atoms with Gasteiger partial charge in [-0.3, -0.25) is 4.98 Å². The fraction of sp³-hybridized carbons (Fsp3) is 0.464. The zero-order valence-electron chi connectivity index (χ0n) is 20.9. The van der Waals surface area contributed by atoms with Crippen molar-refractivity contribution in [2.24, 2.45) is 5.41 Å². The van der Waals surface area contributed by atoms with Crippen molar-refractivity contribution < 1.29 is 28.1 Å². The van der Waals surface area contributed by atoms with Gasteiger partial charge in [-0.05, 0) is 80.1 Å². The fourth-order valence-electron chi connectivity index (χ4n) is 5.23. The average Bonchev–Trinajstić information content (AvgIpc) is 2.92. The van der Waals surface area contributed by atoms with E-state index in [1.54, 1.807) is 25.3 Å². The van der Waals surface area contributed by atoms with Crippen LogP contribution < -0.4 is 10.1 Å². The van der Waals surface area contributed by atoms with Crippen LogP contribution in [0.3, 0.4) is 0 Å². The normalized spacial score (nSPS) is 20.8. The first kappa shape index (κ1) is 27.7. The third-order valence-electron chi connectivity index (χ3n) is 7.33. The Morgan fingerprint density at radius 1 is 1.22 bits per heavy atom. The molecule has 3 atom stereocenters. The number of methoxy groups -OCH3 is 1. The van der Waals surface area contributed by atoms with Crippen LogP contribution in [0.25, 0.3) is 10.9 Å². The van der Waals surface area contributed by atoms with E-state index in [0.717, 1.165) is 18.9 Å². The molecular weight excluding hydrogens is 501 g/mol. The highest BCUT2D eigenvalue weighted by Crippen LogP contribution is 2.41. The smallest absolute Gasteiger partial charge is 0.139 e. The number of nitrogens with zero attached hydrogens (tertiary/aromatic N) is 1. The van der Waals surface area contributed by atoms with E-state index in [4.69, 9.17) is 4.74 Å². The van der Waals surface area contributed by atoms with E-state index in [9.17, 15) is 19.0 Å². The van der Waals surface area contributed by atoms with Gasteiger partial charge in [-0.25, -0.2) is 13.2 Å². The molecule has 0 spiro atoms. The van der Waals surface area contributed by atoms with Gasteiger partial charge in [-0.1, -0.05) is 0 Å². The van der Waals surface area contributed by atoms with Crippen molar-refractivity contribution in [1.82, 2.24) is 10.3 Å². The largest absolute Gasteiger partial charge is 0.497 e. The molecule has 1 aliphatic rings. The second-order valence-electron chi connectivity index (χ2n) is 9.72. The average molecular weight is 535 g/mol. The van der Waals surface area contributed by atoms with Crippen LogP contribution in [-0.2, 0) is 6.61 Å². The Balaban J connectivity index is 1.42. The third-order valence-corrected chi connectivity index (χ3v) is 8.41. The number of aromatic nitrogens is 1. The summed E-state index contributed by atoms with van der Waals surface area (Å²) in [6, 6.07) is 8.97. The number of hydrogen-bond donors (Lipinski definition) is 3. The van der Waals surface area contributed by atoms with Crippen LogP contribution >= 0.6 is 11.8 Å². The zero-order chi connectivity index (χ0) is 26.4. The van der Waals surface area contributed by atoms with Crippen LogP contribution in [0.4, 0.5) is 13.2 Å². The quantitative estimate of drug-likeness (QED) is 0.274. The fourth-order valence-corrected chi connectivity index (χ4v) is 6.21. The summed E-state index contributed by atoms with van der Waals surface area (Å²) in [5.41, 5.74) is 1.07. The Labute approximate surface area is 219 Å². The number of thioether (sulfide) groups is 1. The molecule has 37 heavy (non-hydrogen) atoms. The second-order valence-corrected chi connectivity index (χ2v) is 10.9. The molecule has 0 amide bonds. The highest BCUT2D eigenvalue weighted by molar-refractivity contribution is 7.99. The Kier molecular flexibility index (Phi) is 9.34. The number of aliphatic hydroxyl groups is 2. The SMILES string of the molecule is COc1ccc2ncc(CO)c([C@H](F)CCC3(CO)CCN[C@H](CCSc4ccc(F)cc4F)C3)c2c1. The summed E-state index contributed by atoms with van der Waals surface area (Å²) in [6.45, 7) is 0.337. The molecule has 3 aromatic rings. The minimum atomic E-state index is -1.34. The number of benzene rings is 2. The number of pyridine rings is 1. The molecule has 5 nitrogen and oxygen atoms in total. The molecule has 0 radical (unpaired) electrons. The van der Waals surface area contributed by atoms with Crippen LogP contribution in [0.1, 0.15) is 49.4 Å². The van der Waals surface area contributed by atoms with Gasteiger partial charge in [0.05, 0.1) is 19.2 Å². The summed E-state index contributed by atoms with van der Waals surface area (Å²) in [5.74, 6) is 0.0609. The molecule has 0 aliphatic carbocycles. The van der Waals surface area contributed by atoms with Gasteiger partial charge in [0.1, 0.15) is 23.6 Å². The molecule has 1 aromatic heterocycles. The maximum Gasteiger partial charge on any atom is 0.139 e. The van der Waals surface area contributed by atoms with Crippen molar-refractivity contribution in [3.05, 3.63) is 65.4 Å². The lowest BCUT2D eigenvalue weighted by atomic mass is 9.72. The van der Waals surface area contributed by atoms with Gasteiger partial charge in [0.2, 0.25) is 0 Å². The molecule has 0 bridgehead atoms. The summed E-state index contributed by atoms with van der Waals surface area (Å²) in [6.07, 6.45) is 3.01. The molecule has 200 valence electrons. The molecule has 1 aliphatic heterocycles. The van der Waals surface area contributed by atoms with E-state index >= 15 is 4.39 Å². The van der Waals surface area contributed by atoms with Crippen LogP contribution in [0.5, 0.6) is 5.75 Å². The van der Waals surface area contributed by atoms with Gasteiger partial charge in [0, 0.05) is 46.3 Å². The first-order valence-electron chi connectivity index (χ1n) is 12.5. The maximum absolute atomic E-state index is 15.8. The molecule has 1 fully saturated rings. The Morgan fingerprint density at radius 3 is 2.78 bits per heavy atom. The summed E-state index contributed by atoms with van der Waals surface area (Å²) in [7, 11) is 1.55. The highest BCUT2D eigenvalue weighted by atomic mass is 32.2. The summed E-state index contributed by atoms with van der Waals surface area (Å²) in [4.78, 5) is 4.75. The molecule has 3 N–H and O–H groups in total. The zero-order valence-corrected chi connectivity index (χ0v) is 21.7. The lowest BCUT2D eigenvalue weighted by molar-refractivity contribution is 0.0528. The minimum Gasteiger partial charge on any atom is -0.497 e. The number of ether oxygens (including phenoxy) is 1. The second kappa shape index (κ2) is 12.5. The Bertz CT molecular complexity index is 1210. The molecule has 2 heterocycles. The predicted molar refractivity (Wildman–Crippen MR) is 140 cm³/mol. The van der Waals surface area contributed by atoms with Crippen molar-refractivity contribution in [2.45, 2.75) is 55.8 Å². The topological polar surface area (TPSA) is 74.6 Å². The minimum absolute atomic E-state index is 0.0462. The standard InChI is InChI=1S/C28H33F3N2O3S/c1-36-21-3-4-25-22(13-21)27(18(16-34)15-33-25)23(30)6-8-28(17-35)9-10-32-20(14-28)7-11-37-26-5-2-19(29)12-24(26)31/h2-5,12-13,15,20,23,32,34-35H,6-11,14,16-17H2,1H3/t20-,23-,28?/m1/s1. The van der Waals surface area contributed by atoms with Gasteiger partial charge in [-0.15, -0.1) is 11.8 Å². The predicted octanol–water partition coefficient (Wildman–Crippen LogP) is 5.72. The van der Waals surface area contributed by atoms with Crippen LogP contribution in [0.15, 0.2) is 47.5 Å². The lowest BCUT2D eigenvalue weighted by Crippen LogP contribution is -2.46. The highest BCUT2D eigenvalue weighted by Gasteiger charge is 2.36. The molecule has 1 unspecified atom stereocenters. The number of alkyl halides is 1. The maximum atomic E-state index is 15.8.